The van der Waals surface area contributed by atoms with Crippen molar-refractivity contribution in [1.29, 1.82) is 0 Å². The first-order valence-corrected chi connectivity index (χ1v) is 11.0. The molecule has 0 radical (unpaired) electrons. The zero-order chi connectivity index (χ0) is 19.6. The van der Waals surface area contributed by atoms with Crippen LogP contribution in [-0.2, 0) is 0 Å². The first-order valence-electron chi connectivity index (χ1n) is 9.19. The van der Waals surface area contributed by atoms with E-state index in [2.05, 4.69) is 27.4 Å². The monoisotopic (exact) mass is 413 g/mol. The van der Waals surface area contributed by atoms with Crippen LogP contribution in [0, 0.1) is 0 Å². The quantitative estimate of drug-likeness (QED) is 0.573. The van der Waals surface area contributed by atoms with E-state index in [4.69, 9.17) is 5.73 Å². The molecule has 1 aromatic carbocycles. The number of nitrogens with two attached hydrogens (primary N) is 1. The Bertz CT molecular complexity index is 941. The number of carbonyl (C=O) groups excluding carboxylic acids is 1. The number of hydrogen-bond acceptors (Lipinski definition) is 7. The molecule has 0 unspecified atom stereocenters. The van der Waals surface area contributed by atoms with Crippen LogP contribution in [0.3, 0.4) is 0 Å². The van der Waals surface area contributed by atoms with Crippen LogP contribution < -0.4 is 21.3 Å². The Kier molecular flexibility index (Phi) is 5.34. The number of amides is 1. The molecule has 3 aromatic rings. The zero-order valence-corrected chi connectivity index (χ0v) is 17.3. The molecule has 0 aliphatic carbocycles. The van der Waals surface area contributed by atoms with E-state index in [0.29, 0.717) is 10.8 Å². The van der Waals surface area contributed by atoms with E-state index < -0.39 is 0 Å². The van der Waals surface area contributed by atoms with Gasteiger partial charge in [0.15, 0.2) is 5.13 Å². The fourth-order valence-electron chi connectivity index (χ4n) is 3.19. The van der Waals surface area contributed by atoms with Crippen LogP contribution in [0.4, 0.5) is 22.2 Å². The predicted octanol–water partition coefficient (Wildman–Crippen LogP) is 4.52. The molecular formula is C20H23N5OS2. The van der Waals surface area contributed by atoms with Gasteiger partial charge in [-0.2, -0.15) is 11.3 Å². The maximum absolute atomic E-state index is 12.7. The van der Waals surface area contributed by atoms with Crippen molar-refractivity contribution in [2.75, 3.05) is 28.6 Å². The van der Waals surface area contributed by atoms with E-state index >= 15 is 0 Å². The van der Waals surface area contributed by atoms with Gasteiger partial charge in [-0.3, -0.25) is 4.79 Å². The molecule has 8 heteroatoms. The van der Waals surface area contributed by atoms with Crippen LogP contribution in [0.25, 0.3) is 0 Å². The van der Waals surface area contributed by atoms with Gasteiger partial charge in [-0.15, -0.1) is 11.3 Å². The highest BCUT2D eigenvalue weighted by Crippen LogP contribution is 2.31. The summed E-state index contributed by atoms with van der Waals surface area (Å²) in [5.41, 5.74) is 9.36. The third-order valence-corrected chi connectivity index (χ3v) is 6.35. The lowest BCUT2D eigenvalue weighted by Crippen LogP contribution is -2.48. The van der Waals surface area contributed by atoms with Gasteiger partial charge in [0.2, 0.25) is 0 Å². The number of carbonyl (C=O) groups is 1. The average Bonchev–Trinajstić information content (AvgIpc) is 3.35. The van der Waals surface area contributed by atoms with E-state index in [1.54, 1.807) is 16.7 Å². The van der Waals surface area contributed by atoms with Crippen molar-refractivity contribution in [2.24, 2.45) is 5.73 Å². The van der Waals surface area contributed by atoms with Gasteiger partial charge in [-0.1, -0.05) is 12.1 Å². The first-order chi connectivity index (χ1) is 13.5. The number of hydrogen-bond donors (Lipinski definition) is 3. The Hall–Kier alpha value is -2.42. The Morgan fingerprint density at radius 1 is 1.21 bits per heavy atom. The molecule has 0 bridgehead atoms. The average molecular weight is 414 g/mol. The van der Waals surface area contributed by atoms with Gasteiger partial charge in [-0.25, -0.2) is 4.98 Å². The molecular weight excluding hydrogens is 390 g/mol. The maximum Gasteiger partial charge on any atom is 0.275 e. The van der Waals surface area contributed by atoms with Gasteiger partial charge in [0.1, 0.15) is 5.69 Å². The zero-order valence-electron chi connectivity index (χ0n) is 15.6. The van der Waals surface area contributed by atoms with Crippen LogP contribution >= 0.6 is 22.7 Å². The molecule has 1 fully saturated rings. The number of anilines is 4. The van der Waals surface area contributed by atoms with Crippen molar-refractivity contribution < 1.29 is 4.79 Å². The number of nitrogens with one attached hydrogen (secondary N) is 2. The molecule has 1 amide bonds. The molecule has 3 heterocycles. The lowest BCUT2D eigenvalue weighted by molar-refractivity contribution is 0.102. The van der Waals surface area contributed by atoms with Crippen LogP contribution in [-0.4, -0.2) is 29.5 Å². The molecule has 4 rings (SSSR count). The second-order valence-electron chi connectivity index (χ2n) is 7.29. The van der Waals surface area contributed by atoms with Crippen molar-refractivity contribution in [3.63, 3.8) is 0 Å². The SMILES string of the molecule is CC1(N)CCN(c2ccccc2NC(=O)c2csc(Nc3ccsc3)n2)CC1. The van der Waals surface area contributed by atoms with Gasteiger partial charge in [0, 0.05) is 29.4 Å². The molecule has 1 aliphatic heterocycles. The summed E-state index contributed by atoms with van der Waals surface area (Å²) in [6.45, 7) is 3.86. The highest BCUT2D eigenvalue weighted by atomic mass is 32.1. The first kappa shape index (κ1) is 18.9. The van der Waals surface area contributed by atoms with Crippen molar-refractivity contribution in [3.05, 3.63) is 52.2 Å². The summed E-state index contributed by atoms with van der Waals surface area (Å²) in [5, 5.41) is 12.7. The van der Waals surface area contributed by atoms with E-state index in [9.17, 15) is 4.79 Å². The molecule has 4 N–H and O–H groups in total. The Balaban J connectivity index is 1.46. The summed E-state index contributed by atoms with van der Waals surface area (Å²) in [7, 11) is 0. The van der Waals surface area contributed by atoms with Crippen molar-refractivity contribution in [3.8, 4) is 0 Å². The number of thiophene rings is 1. The molecule has 0 saturated carbocycles. The Morgan fingerprint density at radius 2 is 2.00 bits per heavy atom. The number of para-hydroxylation sites is 2. The van der Waals surface area contributed by atoms with E-state index in [-0.39, 0.29) is 11.4 Å². The number of nitrogens with zero attached hydrogens (tertiary/aromatic N) is 2. The van der Waals surface area contributed by atoms with Gasteiger partial charge in [0.05, 0.1) is 17.1 Å². The minimum Gasteiger partial charge on any atom is -0.370 e. The van der Waals surface area contributed by atoms with E-state index in [1.165, 1.54) is 11.3 Å². The van der Waals surface area contributed by atoms with Gasteiger partial charge in [-0.05, 0) is 43.3 Å². The summed E-state index contributed by atoms with van der Waals surface area (Å²) in [5.74, 6) is -0.206. The fraction of sp³-hybridized carbons (Fsp3) is 0.300. The molecule has 28 heavy (non-hydrogen) atoms. The summed E-state index contributed by atoms with van der Waals surface area (Å²) >= 11 is 3.03. The van der Waals surface area contributed by atoms with Gasteiger partial charge < -0.3 is 21.3 Å². The number of piperidine rings is 1. The Morgan fingerprint density at radius 3 is 2.75 bits per heavy atom. The molecule has 0 atom stereocenters. The lowest BCUT2D eigenvalue weighted by Gasteiger charge is -2.38. The normalized spacial score (nSPS) is 16.0. The molecule has 0 spiro atoms. The largest absolute Gasteiger partial charge is 0.370 e. The fourth-order valence-corrected chi connectivity index (χ4v) is 4.49. The van der Waals surface area contributed by atoms with Crippen LogP contribution in [0.15, 0.2) is 46.5 Å². The topological polar surface area (TPSA) is 83.3 Å². The molecule has 146 valence electrons. The standard InChI is InChI=1S/C20H23N5OS2/c1-20(21)7-9-25(10-8-20)17-5-3-2-4-15(17)23-18(26)16-13-28-19(24-16)22-14-6-11-27-12-14/h2-6,11-13H,7-10,21H2,1H3,(H,22,24)(H,23,26). The minimum absolute atomic E-state index is 0.110. The van der Waals surface area contributed by atoms with Gasteiger partial charge >= 0.3 is 0 Å². The minimum atomic E-state index is -0.206. The van der Waals surface area contributed by atoms with Crippen molar-refractivity contribution >= 4 is 50.8 Å². The third-order valence-electron chi connectivity index (χ3n) is 4.91. The second-order valence-corrected chi connectivity index (χ2v) is 8.93. The summed E-state index contributed by atoms with van der Waals surface area (Å²) in [6, 6.07) is 9.88. The summed E-state index contributed by atoms with van der Waals surface area (Å²) in [4.78, 5) is 19.4. The molecule has 1 aliphatic rings. The van der Waals surface area contributed by atoms with E-state index in [0.717, 1.165) is 43.0 Å². The number of benzene rings is 1. The highest BCUT2D eigenvalue weighted by molar-refractivity contribution is 7.14. The van der Waals surface area contributed by atoms with Crippen molar-refractivity contribution in [2.45, 2.75) is 25.3 Å². The summed E-state index contributed by atoms with van der Waals surface area (Å²) in [6.07, 6.45) is 1.86. The lowest BCUT2D eigenvalue weighted by atomic mass is 9.90. The van der Waals surface area contributed by atoms with Crippen LogP contribution in [0.1, 0.15) is 30.3 Å². The van der Waals surface area contributed by atoms with Crippen LogP contribution in [0.2, 0.25) is 0 Å². The van der Waals surface area contributed by atoms with E-state index in [1.807, 2.05) is 41.1 Å². The number of aromatic nitrogens is 1. The number of thiazole rings is 1. The van der Waals surface area contributed by atoms with Crippen LogP contribution in [0.5, 0.6) is 0 Å². The predicted molar refractivity (Wildman–Crippen MR) is 118 cm³/mol. The third kappa shape index (κ3) is 4.35. The Labute approximate surface area is 172 Å². The second kappa shape index (κ2) is 7.90. The summed E-state index contributed by atoms with van der Waals surface area (Å²) < 4.78 is 0. The molecule has 6 nitrogen and oxygen atoms in total. The highest BCUT2D eigenvalue weighted by Gasteiger charge is 2.27. The molecule has 2 aromatic heterocycles. The van der Waals surface area contributed by atoms with Gasteiger partial charge in [0.25, 0.3) is 5.91 Å². The maximum atomic E-state index is 12.7. The smallest absolute Gasteiger partial charge is 0.275 e. The number of rotatable bonds is 5. The van der Waals surface area contributed by atoms with Crippen molar-refractivity contribution in [1.82, 2.24) is 4.98 Å². The molecule has 1 saturated heterocycles.